The number of unbranched alkanes of at least 4 members (excludes halogenated alkanes) is 1. The van der Waals surface area contributed by atoms with Crippen molar-refractivity contribution in [3.05, 3.63) is 11.3 Å². The summed E-state index contributed by atoms with van der Waals surface area (Å²) < 4.78 is 4.52. The summed E-state index contributed by atoms with van der Waals surface area (Å²) in [5.74, 6) is 0. The number of hydrogen-bond acceptors (Lipinski definition) is 2. The molecule has 0 aromatic carbocycles. The molecule has 1 N–H and O–H groups in total. The fourth-order valence-corrected chi connectivity index (χ4v) is 6.61. The second-order valence-corrected chi connectivity index (χ2v) is 13.3. The fraction of sp³-hybridized carbons (Fsp3) is 0.786. The van der Waals surface area contributed by atoms with Gasteiger partial charge < -0.3 is 9.84 Å². The van der Waals surface area contributed by atoms with E-state index in [-0.39, 0.29) is 9.52 Å². The van der Waals surface area contributed by atoms with Crippen molar-refractivity contribution < 1.29 is 14.6 Å². The van der Waals surface area contributed by atoms with Crippen molar-refractivity contribution >= 4 is 23.7 Å². The molecule has 0 aromatic rings. The summed E-state index contributed by atoms with van der Waals surface area (Å²) in [6.45, 7) is 9.63. The van der Waals surface area contributed by atoms with E-state index in [1.807, 2.05) is 0 Å². The molecule has 0 aliphatic heterocycles. The summed E-state index contributed by atoms with van der Waals surface area (Å²) in [5, 5.41) is 8.36. The summed E-state index contributed by atoms with van der Waals surface area (Å²) in [4.78, 5) is 10.2. The van der Waals surface area contributed by atoms with Gasteiger partial charge in [-0.3, -0.25) is 0 Å². The van der Waals surface area contributed by atoms with Crippen molar-refractivity contribution in [2.24, 2.45) is 0 Å². The van der Waals surface area contributed by atoms with E-state index in [9.17, 15) is 4.79 Å². The standard InChI is InChI=1S/C14H30O3Si2/c1-13(2)12-18-9-7-11-19(3,4)10-6-5-8-17-14(15)16/h12H,5-11,18H2,1-4H3,(H,15,16). The van der Waals surface area contributed by atoms with E-state index in [2.05, 4.69) is 37.4 Å². The molecular formula is C14H30O3Si2. The quantitative estimate of drug-likeness (QED) is 0.376. The van der Waals surface area contributed by atoms with Crippen LogP contribution in [0.15, 0.2) is 11.3 Å². The van der Waals surface area contributed by atoms with E-state index in [4.69, 9.17) is 5.11 Å². The molecular weight excluding hydrogens is 272 g/mol. The maximum absolute atomic E-state index is 10.2. The molecule has 0 rings (SSSR count). The lowest BCUT2D eigenvalue weighted by atomic mass is 10.4. The first-order valence-electron chi connectivity index (χ1n) is 7.32. The van der Waals surface area contributed by atoms with E-state index in [1.54, 1.807) is 0 Å². The summed E-state index contributed by atoms with van der Waals surface area (Å²) >= 11 is 0. The van der Waals surface area contributed by atoms with Crippen molar-refractivity contribution in [1.82, 2.24) is 0 Å². The molecule has 0 saturated carbocycles. The molecule has 0 amide bonds. The van der Waals surface area contributed by atoms with Crippen LogP contribution in [-0.4, -0.2) is 35.5 Å². The van der Waals surface area contributed by atoms with Gasteiger partial charge in [-0.2, -0.15) is 0 Å². The molecule has 5 heteroatoms. The summed E-state index contributed by atoms with van der Waals surface area (Å²) in [6, 6.07) is 4.14. The van der Waals surface area contributed by atoms with Crippen LogP contribution in [0.2, 0.25) is 31.2 Å². The average Bonchev–Trinajstić information content (AvgIpc) is 2.27. The highest BCUT2D eigenvalue weighted by Crippen LogP contribution is 2.21. The molecule has 0 aliphatic rings. The minimum Gasteiger partial charge on any atom is -0.450 e. The lowest BCUT2D eigenvalue weighted by molar-refractivity contribution is 0.0904. The second-order valence-electron chi connectivity index (χ2n) is 6.26. The van der Waals surface area contributed by atoms with Crippen LogP contribution in [-0.2, 0) is 4.74 Å². The van der Waals surface area contributed by atoms with Crippen LogP contribution in [0.1, 0.15) is 33.1 Å². The van der Waals surface area contributed by atoms with Gasteiger partial charge in [0.1, 0.15) is 0 Å². The molecule has 0 heterocycles. The van der Waals surface area contributed by atoms with E-state index >= 15 is 0 Å². The Morgan fingerprint density at radius 1 is 1.21 bits per heavy atom. The Balaban J connectivity index is 3.57. The zero-order chi connectivity index (χ0) is 14.7. The predicted octanol–water partition coefficient (Wildman–Crippen LogP) is 4.07. The number of allylic oxidation sites excluding steroid dienone is 1. The van der Waals surface area contributed by atoms with Crippen molar-refractivity contribution in [2.45, 2.75) is 64.3 Å². The van der Waals surface area contributed by atoms with Crippen molar-refractivity contribution in [2.75, 3.05) is 6.61 Å². The molecule has 0 bridgehead atoms. The first kappa shape index (κ1) is 18.4. The molecule has 0 radical (unpaired) electrons. The van der Waals surface area contributed by atoms with E-state index in [0.29, 0.717) is 6.61 Å². The van der Waals surface area contributed by atoms with Crippen molar-refractivity contribution in [3.63, 3.8) is 0 Å². The first-order valence-corrected chi connectivity index (χ1v) is 12.6. The van der Waals surface area contributed by atoms with Gasteiger partial charge in [0.15, 0.2) is 0 Å². The van der Waals surface area contributed by atoms with E-state index in [0.717, 1.165) is 12.8 Å². The van der Waals surface area contributed by atoms with Gasteiger partial charge in [0.25, 0.3) is 0 Å². The third kappa shape index (κ3) is 13.7. The van der Waals surface area contributed by atoms with Gasteiger partial charge in [0.2, 0.25) is 0 Å². The van der Waals surface area contributed by atoms with Crippen molar-refractivity contribution in [3.8, 4) is 0 Å². The Kier molecular flexibility index (Phi) is 9.96. The Hall–Kier alpha value is -0.556. The Morgan fingerprint density at radius 2 is 1.84 bits per heavy atom. The van der Waals surface area contributed by atoms with Crippen LogP contribution < -0.4 is 0 Å². The number of carboxylic acid groups (broad SMARTS) is 1. The van der Waals surface area contributed by atoms with Gasteiger partial charge in [-0.15, -0.1) is 5.70 Å². The van der Waals surface area contributed by atoms with Crippen LogP contribution in [0.25, 0.3) is 0 Å². The SMILES string of the molecule is CC(C)=C[SiH2]CCC[Si](C)(C)CCCCOC(=O)O. The second kappa shape index (κ2) is 10.3. The van der Waals surface area contributed by atoms with E-state index in [1.165, 1.54) is 30.1 Å². The normalized spacial score (nSPS) is 11.8. The van der Waals surface area contributed by atoms with Crippen LogP contribution >= 0.6 is 0 Å². The van der Waals surface area contributed by atoms with Crippen LogP contribution in [0.4, 0.5) is 4.79 Å². The Bertz CT molecular complexity index is 284. The Labute approximate surface area is 121 Å². The smallest absolute Gasteiger partial charge is 0.450 e. The molecule has 3 nitrogen and oxygen atoms in total. The largest absolute Gasteiger partial charge is 0.505 e. The maximum Gasteiger partial charge on any atom is 0.505 e. The van der Waals surface area contributed by atoms with Crippen molar-refractivity contribution in [1.29, 1.82) is 0 Å². The van der Waals surface area contributed by atoms with Gasteiger partial charge in [-0.1, -0.05) is 49.6 Å². The zero-order valence-electron chi connectivity index (χ0n) is 13.0. The molecule has 0 fully saturated rings. The van der Waals surface area contributed by atoms with Gasteiger partial charge in [-0.25, -0.2) is 4.79 Å². The van der Waals surface area contributed by atoms with Crippen LogP contribution in [0.3, 0.4) is 0 Å². The molecule has 112 valence electrons. The highest BCUT2D eigenvalue weighted by Gasteiger charge is 2.19. The van der Waals surface area contributed by atoms with E-state index < -0.39 is 14.2 Å². The lowest BCUT2D eigenvalue weighted by Crippen LogP contribution is -2.24. The first-order chi connectivity index (χ1) is 8.83. The van der Waals surface area contributed by atoms with Gasteiger partial charge in [0.05, 0.1) is 6.61 Å². The topological polar surface area (TPSA) is 46.5 Å². The maximum atomic E-state index is 10.2. The Morgan fingerprint density at radius 3 is 2.42 bits per heavy atom. The molecule has 19 heavy (non-hydrogen) atoms. The molecule has 0 unspecified atom stereocenters. The summed E-state index contributed by atoms with van der Waals surface area (Å²) in [7, 11) is -1.03. The van der Waals surface area contributed by atoms with Gasteiger partial charge >= 0.3 is 6.16 Å². The summed E-state index contributed by atoms with van der Waals surface area (Å²) in [5.41, 5.74) is 3.93. The molecule has 0 aromatic heterocycles. The molecule has 0 spiro atoms. The molecule has 0 saturated heterocycles. The molecule has 0 aliphatic carbocycles. The zero-order valence-corrected chi connectivity index (χ0v) is 15.4. The van der Waals surface area contributed by atoms with Gasteiger partial charge in [0, 0.05) is 17.6 Å². The monoisotopic (exact) mass is 302 g/mol. The van der Waals surface area contributed by atoms with Gasteiger partial charge in [-0.05, 0) is 20.3 Å². The summed E-state index contributed by atoms with van der Waals surface area (Å²) in [6.07, 6.45) is 2.22. The van der Waals surface area contributed by atoms with Crippen LogP contribution in [0.5, 0.6) is 0 Å². The third-order valence-electron chi connectivity index (χ3n) is 3.33. The number of rotatable bonds is 10. The molecule has 0 atom stereocenters. The minimum absolute atomic E-state index is 0.0334. The average molecular weight is 303 g/mol. The predicted molar refractivity (Wildman–Crippen MR) is 87.7 cm³/mol. The number of carbonyl (C=O) groups is 1. The highest BCUT2D eigenvalue weighted by molar-refractivity contribution is 6.77. The fourth-order valence-electron chi connectivity index (χ4n) is 2.13. The van der Waals surface area contributed by atoms with Crippen LogP contribution in [0, 0.1) is 0 Å². The third-order valence-corrected chi connectivity index (χ3v) is 8.76. The highest BCUT2D eigenvalue weighted by atomic mass is 28.3. The minimum atomic E-state index is -1.15. The number of hydrogen-bond donors (Lipinski definition) is 1. The number of ether oxygens (including phenoxy) is 1. The lowest BCUT2D eigenvalue weighted by Gasteiger charge is -2.22.